The fourth-order valence-electron chi connectivity index (χ4n) is 4.25. The first-order chi connectivity index (χ1) is 16.1. The van der Waals surface area contributed by atoms with Crippen molar-refractivity contribution in [2.75, 3.05) is 26.5 Å². The molecule has 0 saturated heterocycles. The van der Waals surface area contributed by atoms with Crippen LogP contribution >= 0.6 is 0 Å². The van der Waals surface area contributed by atoms with Gasteiger partial charge in [0, 0.05) is 24.7 Å². The number of benzene rings is 3. The van der Waals surface area contributed by atoms with Crippen molar-refractivity contribution in [2.45, 2.75) is 26.0 Å². The summed E-state index contributed by atoms with van der Waals surface area (Å²) in [6.45, 7) is 4.85. The number of para-hydroxylation sites is 2. The van der Waals surface area contributed by atoms with Gasteiger partial charge >= 0.3 is 5.97 Å². The Morgan fingerprint density at radius 3 is 2.45 bits per heavy atom. The molecule has 2 atom stereocenters. The van der Waals surface area contributed by atoms with Crippen LogP contribution in [0.25, 0.3) is 0 Å². The minimum atomic E-state index is -0.949. The Bertz CT molecular complexity index is 1050. The summed E-state index contributed by atoms with van der Waals surface area (Å²) in [6.07, 6.45) is -0.520. The van der Waals surface area contributed by atoms with Crippen LogP contribution in [0.2, 0.25) is 0 Å². The van der Waals surface area contributed by atoms with Crippen LogP contribution in [0.4, 0.5) is 5.69 Å². The van der Waals surface area contributed by atoms with Crippen molar-refractivity contribution in [3.05, 3.63) is 90.0 Å². The lowest BCUT2D eigenvalue weighted by molar-refractivity contribution is -0.149. The zero-order valence-corrected chi connectivity index (χ0v) is 18.9. The van der Waals surface area contributed by atoms with Gasteiger partial charge in [0.1, 0.15) is 25.4 Å². The van der Waals surface area contributed by atoms with Crippen LogP contribution in [0, 0.1) is 0 Å². The molecular weight excluding hydrogens is 418 g/mol. The lowest BCUT2D eigenvalue weighted by atomic mass is 10.1. The number of ether oxygens (including phenoxy) is 3. The largest absolute Gasteiger partial charge is 0.481 e. The maximum atomic E-state index is 11.4. The molecule has 0 amide bonds. The quantitative estimate of drug-likeness (QED) is 0.457. The lowest BCUT2D eigenvalue weighted by Crippen LogP contribution is -2.55. The van der Waals surface area contributed by atoms with Gasteiger partial charge in [-0.2, -0.15) is 0 Å². The maximum absolute atomic E-state index is 11.4. The monoisotopic (exact) mass is 448 g/mol. The zero-order chi connectivity index (χ0) is 23.1. The van der Waals surface area contributed by atoms with Gasteiger partial charge in [0.2, 0.25) is 6.73 Å². The Labute approximate surface area is 194 Å². The Balaban J connectivity index is 1.52. The van der Waals surface area contributed by atoms with E-state index in [-0.39, 0.29) is 0 Å². The van der Waals surface area contributed by atoms with Gasteiger partial charge < -0.3 is 19.3 Å². The fourth-order valence-corrected chi connectivity index (χ4v) is 4.25. The summed E-state index contributed by atoms with van der Waals surface area (Å²) in [5.74, 6) is 0.696. The maximum Gasteiger partial charge on any atom is 0.333 e. The summed E-state index contributed by atoms with van der Waals surface area (Å²) >= 11 is 0. The van der Waals surface area contributed by atoms with Gasteiger partial charge in [0.25, 0.3) is 0 Å². The molecule has 1 aliphatic rings. The second-order valence-corrected chi connectivity index (χ2v) is 8.23. The third-order valence-electron chi connectivity index (χ3n) is 5.95. The zero-order valence-electron chi connectivity index (χ0n) is 18.9. The van der Waals surface area contributed by atoms with Gasteiger partial charge in [-0.15, -0.1) is 0 Å². The van der Waals surface area contributed by atoms with E-state index in [4.69, 9.17) is 14.2 Å². The predicted molar refractivity (Wildman–Crippen MR) is 127 cm³/mol. The van der Waals surface area contributed by atoms with Crippen molar-refractivity contribution in [1.82, 2.24) is 4.48 Å². The molecule has 0 aliphatic carbocycles. The van der Waals surface area contributed by atoms with Crippen LogP contribution < -0.4 is 14.0 Å². The lowest BCUT2D eigenvalue weighted by Gasteiger charge is -2.41. The van der Waals surface area contributed by atoms with Crippen LogP contribution in [0.1, 0.15) is 18.1 Å². The van der Waals surface area contributed by atoms with Gasteiger partial charge in [0.05, 0.1) is 0 Å². The molecule has 0 radical (unpaired) electrons. The summed E-state index contributed by atoms with van der Waals surface area (Å²) < 4.78 is 18.2. The highest BCUT2D eigenvalue weighted by Crippen LogP contribution is 2.38. The highest BCUT2D eigenvalue weighted by atomic mass is 16.5. The molecule has 2 unspecified atom stereocenters. The van der Waals surface area contributed by atoms with Crippen LogP contribution in [0.5, 0.6) is 11.5 Å². The van der Waals surface area contributed by atoms with Gasteiger partial charge in [0.15, 0.2) is 17.5 Å². The third kappa shape index (κ3) is 5.53. The highest BCUT2D eigenvalue weighted by molar-refractivity contribution is 5.72. The molecule has 6 heteroatoms. The second kappa shape index (κ2) is 10.5. The van der Waals surface area contributed by atoms with E-state index < -0.39 is 12.1 Å². The molecule has 33 heavy (non-hydrogen) atoms. The molecule has 1 heterocycles. The summed E-state index contributed by atoms with van der Waals surface area (Å²) in [4.78, 5) is 11.4. The Morgan fingerprint density at radius 1 is 1.00 bits per heavy atom. The van der Waals surface area contributed by atoms with Crippen molar-refractivity contribution < 1.29 is 24.1 Å². The first-order valence-electron chi connectivity index (χ1n) is 11.3. The molecule has 6 nitrogen and oxygen atoms in total. The minimum Gasteiger partial charge on any atom is -0.481 e. The predicted octanol–water partition coefficient (Wildman–Crippen LogP) is 4.66. The summed E-state index contributed by atoms with van der Waals surface area (Å²) in [6, 6.07) is 26.2. The van der Waals surface area contributed by atoms with E-state index in [0.717, 1.165) is 35.8 Å². The number of carboxylic acid groups (broad SMARTS) is 1. The van der Waals surface area contributed by atoms with E-state index >= 15 is 0 Å². The Kier molecular flexibility index (Phi) is 7.27. The Hall–Kier alpha value is -3.35. The van der Waals surface area contributed by atoms with Crippen molar-refractivity contribution >= 4 is 11.7 Å². The van der Waals surface area contributed by atoms with Gasteiger partial charge in [-0.3, -0.25) is 0 Å². The smallest absolute Gasteiger partial charge is 0.333 e. The van der Waals surface area contributed by atoms with Gasteiger partial charge in [-0.1, -0.05) is 54.6 Å². The standard InChI is InChI=1S/C27H29NO5/c1-2-31-26(27(29)30)18-21-12-14-23(15-13-21)33-20-28(19-22-8-4-3-5-9-22)16-17-32-25-11-7-6-10-24(25)28/h3-15,26H,2,16-20H2,1H3/p+1. The average molecular weight is 449 g/mol. The molecule has 4 rings (SSSR count). The second-order valence-electron chi connectivity index (χ2n) is 8.23. The SMILES string of the molecule is CCOC(Cc1ccc(OC[N+]2(Cc3ccccc3)CCOc3ccccc32)cc1)C(=O)O. The summed E-state index contributed by atoms with van der Waals surface area (Å²) in [5.41, 5.74) is 3.25. The van der Waals surface area contributed by atoms with E-state index in [1.807, 2.05) is 48.5 Å². The number of carbonyl (C=O) groups is 1. The number of carboxylic acids is 1. The van der Waals surface area contributed by atoms with Crippen LogP contribution in [0.3, 0.4) is 0 Å². The third-order valence-corrected chi connectivity index (χ3v) is 5.95. The molecule has 3 aromatic carbocycles. The number of fused-ring (bicyclic) bond motifs is 1. The van der Waals surface area contributed by atoms with Crippen molar-refractivity contribution in [3.8, 4) is 11.5 Å². The number of hydrogen-bond acceptors (Lipinski definition) is 4. The summed E-state index contributed by atoms with van der Waals surface area (Å²) in [5, 5.41) is 9.32. The first kappa shape index (κ1) is 22.8. The number of aliphatic carboxylic acids is 1. The molecule has 0 aromatic heterocycles. The average Bonchev–Trinajstić information content (AvgIpc) is 2.84. The fraction of sp³-hybridized carbons (Fsp3) is 0.296. The molecule has 0 fully saturated rings. The van der Waals surface area contributed by atoms with Gasteiger partial charge in [-0.05, 0) is 30.7 Å². The molecule has 172 valence electrons. The minimum absolute atomic E-state index is 0.322. The number of rotatable bonds is 10. The number of nitrogens with zero attached hydrogens (tertiary/aromatic N) is 1. The molecule has 1 aliphatic heterocycles. The molecule has 3 aromatic rings. The Morgan fingerprint density at radius 2 is 1.73 bits per heavy atom. The topological polar surface area (TPSA) is 65.0 Å². The normalized spacial score (nSPS) is 18.1. The van der Waals surface area contributed by atoms with E-state index in [9.17, 15) is 9.90 Å². The van der Waals surface area contributed by atoms with Crippen molar-refractivity contribution in [1.29, 1.82) is 0 Å². The molecule has 0 bridgehead atoms. The number of hydrogen-bond donors (Lipinski definition) is 1. The van der Waals surface area contributed by atoms with Crippen LogP contribution in [-0.2, 0) is 22.5 Å². The molecule has 0 saturated carbocycles. The summed E-state index contributed by atoms with van der Waals surface area (Å²) in [7, 11) is 0. The van der Waals surface area contributed by atoms with Crippen LogP contribution in [0.15, 0.2) is 78.9 Å². The highest BCUT2D eigenvalue weighted by Gasteiger charge is 2.38. The van der Waals surface area contributed by atoms with Gasteiger partial charge in [-0.25, -0.2) is 9.28 Å². The van der Waals surface area contributed by atoms with E-state index in [1.54, 1.807) is 6.92 Å². The van der Waals surface area contributed by atoms with Crippen molar-refractivity contribution in [2.24, 2.45) is 0 Å². The van der Waals surface area contributed by atoms with Crippen molar-refractivity contribution in [3.63, 3.8) is 0 Å². The molecular formula is C27H30NO5+. The van der Waals surface area contributed by atoms with E-state index in [2.05, 4.69) is 30.3 Å². The molecule has 0 spiro atoms. The van der Waals surface area contributed by atoms with E-state index in [0.29, 0.717) is 30.8 Å². The van der Waals surface area contributed by atoms with Crippen LogP contribution in [-0.4, -0.2) is 43.7 Å². The first-order valence-corrected chi connectivity index (χ1v) is 11.3. The molecule has 1 N–H and O–H groups in total. The van der Waals surface area contributed by atoms with E-state index in [1.165, 1.54) is 5.56 Å². The number of quaternary nitrogens is 1.